The van der Waals surface area contributed by atoms with Crippen LogP contribution in [0.4, 0.5) is 11.5 Å². The van der Waals surface area contributed by atoms with E-state index in [1.165, 1.54) is 13.0 Å². The van der Waals surface area contributed by atoms with Crippen molar-refractivity contribution in [1.82, 2.24) is 4.98 Å². The van der Waals surface area contributed by atoms with Gasteiger partial charge in [-0.15, -0.1) is 0 Å². The van der Waals surface area contributed by atoms with Gasteiger partial charge in [-0.05, 0) is 32.4 Å². The molecule has 1 aromatic rings. The van der Waals surface area contributed by atoms with Crippen LogP contribution < -0.4 is 11.1 Å². The van der Waals surface area contributed by atoms with Crippen LogP contribution >= 0.6 is 0 Å². The molecule has 0 aliphatic heterocycles. The van der Waals surface area contributed by atoms with E-state index < -0.39 is 5.97 Å². The van der Waals surface area contributed by atoms with Gasteiger partial charge in [0.1, 0.15) is 5.82 Å². The molecule has 1 aromatic heterocycles. The summed E-state index contributed by atoms with van der Waals surface area (Å²) in [6.45, 7) is 7.02. The summed E-state index contributed by atoms with van der Waals surface area (Å²) in [6, 6.07) is 0. The van der Waals surface area contributed by atoms with Gasteiger partial charge in [0, 0.05) is 18.6 Å². The molecule has 0 aliphatic carbocycles. The van der Waals surface area contributed by atoms with E-state index in [2.05, 4.69) is 10.3 Å². The zero-order valence-corrected chi connectivity index (χ0v) is 12.1. The zero-order chi connectivity index (χ0) is 15.3. The number of esters is 1. The summed E-state index contributed by atoms with van der Waals surface area (Å²) in [6.07, 6.45) is 2.83. The minimum Gasteiger partial charge on any atom is -0.463 e. The number of carbonyl (C=O) groups is 2. The fourth-order valence-electron chi connectivity index (χ4n) is 1.81. The SMILES string of the molecule is CCOC(=O)C=Cc1c(N)nc(C)c(NC(C)=O)c1C. The summed E-state index contributed by atoms with van der Waals surface area (Å²) in [5, 5.41) is 2.71. The first kappa shape index (κ1) is 15.7. The van der Waals surface area contributed by atoms with Gasteiger partial charge in [0.2, 0.25) is 5.91 Å². The quantitative estimate of drug-likeness (QED) is 0.646. The van der Waals surface area contributed by atoms with Crippen LogP contribution in [0.15, 0.2) is 6.08 Å². The van der Waals surface area contributed by atoms with Crippen molar-refractivity contribution >= 4 is 29.5 Å². The number of ether oxygens (including phenoxy) is 1. The molecule has 0 aromatic carbocycles. The molecule has 0 fully saturated rings. The molecule has 3 N–H and O–H groups in total. The van der Waals surface area contributed by atoms with E-state index in [0.29, 0.717) is 29.4 Å². The van der Waals surface area contributed by atoms with Crippen molar-refractivity contribution in [3.05, 3.63) is 22.9 Å². The lowest BCUT2D eigenvalue weighted by molar-refractivity contribution is -0.137. The third-order valence-electron chi connectivity index (χ3n) is 2.68. The van der Waals surface area contributed by atoms with E-state index in [1.54, 1.807) is 26.8 Å². The highest BCUT2D eigenvalue weighted by Gasteiger charge is 2.12. The Balaban J connectivity index is 3.19. The third-order valence-corrected chi connectivity index (χ3v) is 2.68. The number of nitrogens with one attached hydrogen (secondary N) is 1. The van der Waals surface area contributed by atoms with E-state index >= 15 is 0 Å². The Hall–Kier alpha value is -2.37. The van der Waals surface area contributed by atoms with E-state index in [1.807, 2.05) is 0 Å². The summed E-state index contributed by atoms with van der Waals surface area (Å²) in [7, 11) is 0. The van der Waals surface area contributed by atoms with Crippen LogP contribution in [0.3, 0.4) is 0 Å². The third kappa shape index (κ3) is 3.81. The minimum absolute atomic E-state index is 0.192. The van der Waals surface area contributed by atoms with Crippen molar-refractivity contribution in [2.45, 2.75) is 27.7 Å². The molecule has 6 nitrogen and oxygen atoms in total. The number of aromatic nitrogens is 1. The average molecular weight is 277 g/mol. The molecule has 0 unspecified atom stereocenters. The van der Waals surface area contributed by atoms with E-state index in [9.17, 15) is 9.59 Å². The molecule has 0 radical (unpaired) electrons. The predicted molar refractivity (Wildman–Crippen MR) is 78.1 cm³/mol. The number of nitrogen functional groups attached to an aromatic ring is 1. The number of aryl methyl sites for hydroxylation is 1. The smallest absolute Gasteiger partial charge is 0.330 e. The predicted octanol–water partition coefficient (Wildman–Crippen LogP) is 1.82. The van der Waals surface area contributed by atoms with Crippen molar-refractivity contribution in [2.75, 3.05) is 17.7 Å². The molecule has 0 atom stereocenters. The van der Waals surface area contributed by atoms with Gasteiger partial charge in [-0.3, -0.25) is 4.79 Å². The van der Waals surface area contributed by atoms with Crippen LogP contribution in [0.1, 0.15) is 30.7 Å². The second kappa shape index (κ2) is 6.70. The molecule has 0 saturated carbocycles. The molecule has 6 heteroatoms. The van der Waals surface area contributed by atoms with Gasteiger partial charge in [-0.1, -0.05) is 0 Å². The number of pyridine rings is 1. The Kier molecular flexibility index (Phi) is 5.25. The minimum atomic E-state index is -0.451. The lowest BCUT2D eigenvalue weighted by Crippen LogP contribution is -2.12. The number of hydrogen-bond acceptors (Lipinski definition) is 5. The van der Waals surface area contributed by atoms with Crippen LogP contribution in [0.25, 0.3) is 6.08 Å². The highest BCUT2D eigenvalue weighted by atomic mass is 16.5. The molecule has 0 saturated heterocycles. The maximum atomic E-state index is 11.3. The van der Waals surface area contributed by atoms with Gasteiger partial charge in [0.15, 0.2) is 0 Å². The first-order valence-corrected chi connectivity index (χ1v) is 6.25. The first-order chi connectivity index (χ1) is 9.36. The molecule has 0 aliphatic rings. The second-order valence-electron chi connectivity index (χ2n) is 4.26. The Morgan fingerprint density at radius 2 is 2.05 bits per heavy atom. The average Bonchev–Trinajstić information content (AvgIpc) is 2.34. The van der Waals surface area contributed by atoms with Gasteiger partial charge in [-0.25, -0.2) is 9.78 Å². The summed E-state index contributed by atoms with van der Waals surface area (Å²) in [5.74, 6) is -0.342. The molecule has 1 heterocycles. The lowest BCUT2D eigenvalue weighted by atomic mass is 10.1. The number of amides is 1. The Morgan fingerprint density at radius 1 is 1.40 bits per heavy atom. The van der Waals surface area contributed by atoms with Gasteiger partial charge in [0.05, 0.1) is 18.0 Å². The van der Waals surface area contributed by atoms with Gasteiger partial charge in [0.25, 0.3) is 0 Å². The van der Waals surface area contributed by atoms with Crippen molar-refractivity contribution < 1.29 is 14.3 Å². The second-order valence-corrected chi connectivity index (χ2v) is 4.26. The number of nitrogens with zero attached hydrogens (tertiary/aromatic N) is 1. The Morgan fingerprint density at radius 3 is 2.60 bits per heavy atom. The molecule has 20 heavy (non-hydrogen) atoms. The first-order valence-electron chi connectivity index (χ1n) is 6.25. The van der Waals surface area contributed by atoms with Gasteiger partial charge in [-0.2, -0.15) is 0 Å². The van der Waals surface area contributed by atoms with Crippen LogP contribution in [0.2, 0.25) is 0 Å². The van der Waals surface area contributed by atoms with Crippen molar-refractivity contribution in [2.24, 2.45) is 0 Å². The van der Waals surface area contributed by atoms with Gasteiger partial charge >= 0.3 is 5.97 Å². The van der Waals surface area contributed by atoms with Crippen molar-refractivity contribution in [3.63, 3.8) is 0 Å². The molecule has 108 valence electrons. The monoisotopic (exact) mass is 277 g/mol. The summed E-state index contributed by atoms with van der Waals surface area (Å²) in [5.41, 5.74) is 8.44. The van der Waals surface area contributed by atoms with Crippen LogP contribution in [0, 0.1) is 13.8 Å². The molecule has 0 spiro atoms. The molecule has 1 amide bonds. The fraction of sp³-hybridized carbons (Fsp3) is 0.357. The number of nitrogens with two attached hydrogens (primary N) is 1. The lowest BCUT2D eigenvalue weighted by Gasteiger charge is -2.14. The van der Waals surface area contributed by atoms with Gasteiger partial charge < -0.3 is 15.8 Å². The van der Waals surface area contributed by atoms with E-state index in [4.69, 9.17) is 10.5 Å². The number of anilines is 2. The largest absolute Gasteiger partial charge is 0.463 e. The van der Waals surface area contributed by atoms with Crippen LogP contribution in [0.5, 0.6) is 0 Å². The summed E-state index contributed by atoms with van der Waals surface area (Å²) >= 11 is 0. The van der Waals surface area contributed by atoms with Crippen molar-refractivity contribution in [1.29, 1.82) is 0 Å². The van der Waals surface area contributed by atoms with Crippen LogP contribution in [-0.2, 0) is 14.3 Å². The standard InChI is InChI=1S/C14H19N3O3/c1-5-20-12(19)7-6-11-8(2)13(17-10(4)18)9(3)16-14(11)15/h6-7H,5H2,1-4H3,(H2,15,16)(H,17,18). The topological polar surface area (TPSA) is 94.3 Å². The van der Waals surface area contributed by atoms with Crippen LogP contribution in [-0.4, -0.2) is 23.5 Å². The maximum absolute atomic E-state index is 11.3. The van der Waals surface area contributed by atoms with Crippen molar-refractivity contribution in [3.8, 4) is 0 Å². The molecular weight excluding hydrogens is 258 g/mol. The summed E-state index contributed by atoms with van der Waals surface area (Å²) in [4.78, 5) is 26.7. The Bertz CT molecular complexity index is 565. The zero-order valence-electron chi connectivity index (χ0n) is 12.1. The number of carbonyl (C=O) groups excluding carboxylic acids is 2. The maximum Gasteiger partial charge on any atom is 0.330 e. The van der Waals surface area contributed by atoms with E-state index in [-0.39, 0.29) is 5.91 Å². The summed E-state index contributed by atoms with van der Waals surface area (Å²) < 4.78 is 4.81. The Labute approximate surface area is 118 Å². The molecule has 1 rings (SSSR count). The number of hydrogen-bond donors (Lipinski definition) is 2. The number of rotatable bonds is 4. The fourth-order valence-corrected chi connectivity index (χ4v) is 1.81. The normalized spacial score (nSPS) is 10.6. The highest BCUT2D eigenvalue weighted by Crippen LogP contribution is 2.27. The molecule has 0 bridgehead atoms. The molecular formula is C14H19N3O3. The highest BCUT2D eigenvalue weighted by molar-refractivity contribution is 5.93. The van der Waals surface area contributed by atoms with E-state index in [0.717, 1.165) is 5.56 Å².